The zero-order valence-corrected chi connectivity index (χ0v) is 18.8. The summed E-state index contributed by atoms with van der Waals surface area (Å²) in [4.78, 5) is 29.0. The molecule has 1 N–H and O–H groups in total. The van der Waals surface area contributed by atoms with Gasteiger partial charge in [0, 0.05) is 25.2 Å². The van der Waals surface area contributed by atoms with Gasteiger partial charge in [0.1, 0.15) is 5.75 Å². The first kappa shape index (κ1) is 22.2. The highest BCUT2D eigenvalue weighted by atomic mass is 32.1. The van der Waals surface area contributed by atoms with Crippen molar-refractivity contribution in [1.29, 1.82) is 0 Å². The molecule has 2 heterocycles. The molecule has 2 aromatic carbocycles. The summed E-state index contributed by atoms with van der Waals surface area (Å²) in [6.07, 6.45) is 0. The molecule has 0 aliphatic carbocycles. The van der Waals surface area contributed by atoms with E-state index in [4.69, 9.17) is 9.47 Å². The zero-order valence-electron chi connectivity index (χ0n) is 18.0. The van der Waals surface area contributed by atoms with Crippen molar-refractivity contribution in [2.75, 3.05) is 40.0 Å². The molecule has 4 rings (SSSR count). The number of thiophene rings is 1. The minimum absolute atomic E-state index is 0.00563. The fourth-order valence-electron chi connectivity index (χ4n) is 3.88. The number of nitrogens with one attached hydrogen (secondary N) is 1. The third-order valence-electron chi connectivity index (χ3n) is 5.60. The van der Waals surface area contributed by atoms with E-state index >= 15 is 0 Å². The average molecular weight is 451 g/mol. The lowest BCUT2D eigenvalue weighted by atomic mass is 10.0. The standard InChI is InChI=1S/C25H26N2O4S/c1-30-19-10-8-18(9-11-19)22(27-12-14-31-15-13-27)17-26-25(29)21-6-3-2-5-20(21)24(28)23-7-4-16-32-23/h2-11,16,22H,12-15,17H2,1H3,(H,26,29)/t22-/m0/s1. The normalized spacial score (nSPS) is 15.2. The maximum atomic E-state index is 13.1. The number of ketones is 1. The van der Waals surface area contributed by atoms with Crippen LogP contribution in [0.4, 0.5) is 0 Å². The highest BCUT2D eigenvalue weighted by molar-refractivity contribution is 7.12. The van der Waals surface area contributed by atoms with Gasteiger partial charge in [-0.3, -0.25) is 14.5 Å². The second-order valence-electron chi connectivity index (χ2n) is 7.50. The number of carbonyl (C=O) groups is 2. The summed E-state index contributed by atoms with van der Waals surface area (Å²) < 4.78 is 10.8. The van der Waals surface area contributed by atoms with E-state index in [-0.39, 0.29) is 17.7 Å². The molecule has 0 unspecified atom stereocenters. The number of carbonyl (C=O) groups excluding carboxylic acids is 2. The van der Waals surface area contributed by atoms with Crippen molar-refractivity contribution in [3.8, 4) is 5.75 Å². The predicted octanol–water partition coefficient (Wildman–Crippen LogP) is 3.79. The van der Waals surface area contributed by atoms with Crippen molar-refractivity contribution < 1.29 is 19.1 Å². The summed E-state index contributed by atoms with van der Waals surface area (Å²) >= 11 is 1.37. The monoisotopic (exact) mass is 450 g/mol. The highest BCUT2D eigenvalue weighted by Gasteiger charge is 2.25. The minimum Gasteiger partial charge on any atom is -0.497 e. The van der Waals surface area contributed by atoms with Crippen molar-refractivity contribution in [2.45, 2.75) is 6.04 Å². The first-order valence-corrected chi connectivity index (χ1v) is 11.5. The number of methoxy groups -OCH3 is 1. The first-order valence-electron chi connectivity index (χ1n) is 10.6. The third kappa shape index (κ3) is 5.07. The molecule has 0 spiro atoms. The number of hydrogen-bond acceptors (Lipinski definition) is 6. The van der Waals surface area contributed by atoms with E-state index in [2.05, 4.69) is 10.2 Å². The summed E-state index contributed by atoms with van der Waals surface area (Å²) in [6, 6.07) is 18.5. The van der Waals surface area contributed by atoms with Gasteiger partial charge < -0.3 is 14.8 Å². The van der Waals surface area contributed by atoms with Gasteiger partial charge in [0.15, 0.2) is 0 Å². The second-order valence-corrected chi connectivity index (χ2v) is 8.45. The fourth-order valence-corrected chi connectivity index (χ4v) is 4.56. The average Bonchev–Trinajstić information content (AvgIpc) is 3.40. The number of benzene rings is 2. The maximum Gasteiger partial charge on any atom is 0.252 e. The van der Waals surface area contributed by atoms with Crippen LogP contribution < -0.4 is 10.1 Å². The van der Waals surface area contributed by atoms with Gasteiger partial charge >= 0.3 is 0 Å². The molecule has 1 fully saturated rings. The van der Waals surface area contributed by atoms with Crippen LogP contribution >= 0.6 is 11.3 Å². The molecule has 0 bridgehead atoms. The fraction of sp³-hybridized carbons (Fsp3) is 0.280. The van der Waals surface area contributed by atoms with Crippen LogP contribution in [0.1, 0.15) is 37.2 Å². The van der Waals surface area contributed by atoms with Gasteiger partial charge in [0.2, 0.25) is 5.78 Å². The molecular formula is C25H26N2O4S. The van der Waals surface area contributed by atoms with E-state index in [9.17, 15) is 9.59 Å². The molecule has 1 atom stereocenters. The minimum atomic E-state index is -0.253. The lowest BCUT2D eigenvalue weighted by Gasteiger charge is -2.35. The van der Waals surface area contributed by atoms with Gasteiger partial charge in [-0.15, -0.1) is 11.3 Å². The third-order valence-corrected chi connectivity index (χ3v) is 6.47. The Morgan fingerprint density at radius 2 is 1.75 bits per heavy atom. The van der Waals surface area contributed by atoms with Crippen molar-refractivity contribution >= 4 is 23.0 Å². The van der Waals surface area contributed by atoms with E-state index < -0.39 is 0 Å². The first-order chi connectivity index (χ1) is 15.7. The summed E-state index contributed by atoms with van der Waals surface area (Å²) in [7, 11) is 1.64. The zero-order chi connectivity index (χ0) is 22.3. The van der Waals surface area contributed by atoms with Gasteiger partial charge in [0.05, 0.1) is 36.8 Å². The molecule has 1 aliphatic rings. The molecule has 1 saturated heterocycles. The number of rotatable bonds is 8. The second kappa shape index (κ2) is 10.5. The Balaban J connectivity index is 1.53. The van der Waals surface area contributed by atoms with Gasteiger partial charge in [-0.1, -0.05) is 36.4 Å². The Kier molecular flexibility index (Phi) is 7.32. The molecule has 32 heavy (non-hydrogen) atoms. The van der Waals surface area contributed by atoms with Crippen LogP contribution in [0.2, 0.25) is 0 Å². The van der Waals surface area contributed by atoms with Crippen LogP contribution in [0, 0.1) is 0 Å². The Morgan fingerprint density at radius 3 is 2.41 bits per heavy atom. The lowest BCUT2D eigenvalue weighted by molar-refractivity contribution is 0.0162. The van der Waals surface area contributed by atoms with Gasteiger partial charge in [0.25, 0.3) is 5.91 Å². The highest BCUT2D eigenvalue weighted by Crippen LogP contribution is 2.24. The summed E-state index contributed by atoms with van der Waals surface area (Å²) in [5.41, 5.74) is 1.90. The number of ether oxygens (including phenoxy) is 2. The van der Waals surface area contributed by atoms with Gasteiger partial charge in [-0.2, -0.15) is 0 Å². The van der Waals surface area contributed by atoms with E-state index in [1.165, 1.54) is 11.3 Å². The Labute approximate surface area is 191 Å². The van der Waals surface area contributed by atoms with Gasteiger partial charge in [-0.05, 0) is 35.2 Å². The Morgan fingerprint density at radius 1 is 1.03 bits per heavy atom. The van der Waals surface area contributed by atoms with Crippen LogP contribution in [0.5, 0.6) is 5.75 Å². The maximum absolute atomic E-state index is 13.1. The van der Waals surface area contributed by atoms with Crippen LogP contribution in [0.25, 0.3) is 0 Å². The summed E-state index contributed by atoms with van der Waals surface area (Å²) in [6.45, 7) is 3.34. The SMILES string of the molecule is COc1ccc([C@H](CNC(=O)c2ccccc2C(=O)c2cccs2)N2CCOCC2)cc1. The van der Waals surface area contributed by atoms with E-state index in [1.807, 2.05) is 35.7 Å². The van der Waals surface area contributed by atoms with E-state index in [0.717, 1.165) is 24.4 Å². The van der Waals surface area contributed by atoms with Crippen LogP contribution in [0.3, 0.4) is 0 Å². The van der Waals surface area contributed by atoms with Crippen molar-refractivity contribution in [3.05, 3.63) is 87.6 Å². The molecular weight excluding hydrogens is 424 g/mol. The van der Waals surface area contributed by atoms with Crippen molar-refractivity contribution in [3.63, 3.8) is 0 Å². The quantitative estimate of drug-likeness (QED) is 0.529. The van der Waals surface area contributed by atoms with Crippen LogP contribution in [-0.2, 0) is 4.74 Å². The van der Waals surface area contributed by atoms with Crippen molar-refractivity contribution in [1.82, 2.24) is 10.2 Å². The van der Waals surface area contributed by atoms with Crippen LogP contribution in [-0.4, -0.2) is 56.5 Å². The molecule has 6 nitrogen and oxygen atoms in total. The molecule has 1 aliphatic heterocycles. The molecule has 1 amide bonds. The topological polar surface area (TPSA) is 67.9 Å². The molecule has 7 heteroatoms. The number of morpholine rings is 1. The molecule has 3 aromatic rings. The van der Waals surface area contributed by atoms with Crippen LogP contribution in [0.15, 0.2) is 66.0 Å². The van der Waals surface area contributed by atoms with Crippen molar-refractivity contribution in [2.24, 2.45) is 0 Å². The number of nitrogens with zero attached hydrogens (tertiary/aromatic N) is 1. The lowest BCUT2D eigenvalue weighted by Crippen LogP contribution is -2.44. The van der Waals surface area contributed by atoms with E-state index in [0.29, 0.717) is 35.8 Å². The summed E-state index contributed by atoms with van der Waals surface area (Å²) in [5, 5.41) is 4.92. The molecule has 166 valence electrons. The molecule has 1 aromatic heterocycles. The Bertz CT molecular complexity index is 1040. The largest absolute Gasteiger partial charge is 0.497 e. The van der Waals surface area contributed by atoms with E-state index in [1.54, 1.807) is 37.4 Å². The van der Waals surface area contributed by atoms with Gasteiger partial charge in [-0.25, -0.2) is 0 Å². The number of hydrogen-bond donors (Lipinski definition) is 1. The molecule has 0 saturated carbocycles. The number of amides is 1. The Hall–Kier alpha value is -3.00. The summed E-state index contributed by atoms with van der Waals surface area (Å²) in [5.74, 6) is 0.405. The smallest absolute Gasteiger partial charge is 0.252 e. The predicted molar refractivity (Wildman–Crippen MR) is 125 cm³/mol. The molecule has 0 radical (unpaired) electrons.